The van der Waals surface area contributed by atoms with Gasteiger partial charge >= 0.3 is 0 Å². The molecule has 0 aliphatic heterocycles. The summed E-state index contributed by atoms with van der Waals surface area (Å²) in [6.07, 6.45) is 10.6. The van der Waals surface area contributed by atoms with E-state index < -0.39 is 0 Å². The van der Waals surface area contributed by atoms with Crippen LogP contribution in [-0.2, 0) is 17.3 Å². The molecule has 5 rings (SSSR count). The van der Waals surface area contributed by atoms with Gasteiger partial charge in [-0.05, 0) is 83.4 Å². The van der Waals surface area contributed by atoms with Gasteiger partial charge in [-0.1, -0.05) is 56.7 Å². The van der Waals surface area contributed by atoms with E-state index in [4.69, 9.17) is 0 Å². The SMILES string of the molecule is CC(C)(C)c1cccc2cc3c(cc12)C1(CCC3)CC2=CCC1C2. The monoisotopic (exact) mass is 316 g/mol. The van der Waals surface area contributed by atoms with Crippen molar-refractivity contribution in [3.63, 3.8) is 0 Å². The van der Waals surface area contributed by atoms with Gasteiger partial charge in [-0.15, -0.1) is 0 Å². The second-order valence-corrected chi connectivity index (χ2v) is 9.47. The van der Waals surface area contributed by atoms with Crippen LogP contribution >= 0.6 is 0 Å². The zero-order valence-corrected chi connectivity index (χ0v) is 15.3. The van der Waals surface area contributed by atoms with Gasteiger partial charge < -0.3 is 0 Å². The molecule has 0 aromatic heterocycles. The maximum Gasteiger partial charge on any atom is 0.00274 e. The summed E-state index contributed by atoms with van der Waals surface area (Å²) < 4.78 is 0. The Morgan fingerprint density at radius 2 is 2.00 bits per heavy atom. The molecule has 2 aromatic carbocycles. The van der Waals surface area contributed by atoms with Gasteiger partial charge in [0, 0.05) is 5.41 Å². The second kappa shape index (κ2) is 4.75. The highest BCUT2D eigenvalue weighted by Crippen LogP contribution is 2.59. The summed E-state index contributed by atoms with van der Waals surface area (Å²) in [5.74, 6) is 0.880. The van der Waals surface area contributed by atoms with E-state index >= 15 is 0 Å². The topological polar surface area (TPSA) is 0 Å². The fraction of sp³-hybridized carbons (Fsp3) is 0.500. The van der Waals surface area contributed by atoms with Crippen LogP contribution in [0.15, 0.2) is 42.0 Å². The first-order chi connectivity index (χ1) is 11.5. The number of rotatable bonds is 0. The maximum absolute atomic E-state index is 2.62. The quantitative estimate of drug-likeness (QED) is 0.490. The minimum atomic E-state index is 0.201. The fourth-order valence-corrected chi connectivity index (χ4v) is 5.94. The average Bonchev–Trinajstić information content (AvgIpc) is 3.13. The molecule has 0 radical (unpaired) electrons. The van der Waals surface area contributed by atoms with Gasteiger partial charge in [0.05, 0.1) is 0 Å². The minimum absolute atomic E-state index is 0.201. The van der Waals surface area contributed by atoms with E-state index in [1.807, 2.05) is 0 Å². The lowest BCUT2D eigenvalue weighted by Crippen LogP contribution is -2.35. The number of fused-ring (bicyclic) bond motifs is 6. The van der Waals surface area contributed by atoms with Crippen LogP contribution in [0.2, 0.25) is 0 Å². The first-order valence-electron chi connectivity index (χ1n) is 9.72. The molecule has 124 valence electrons. The predicted octanol–water partition coefficient (Wildman–Crippen LogP) is 6.45. The summed E-state index contributed by atoms with van der Waals surface area (Å²) >= 11 is 0. The van der Waals surface area contributed by atoms with E-state index in [9.17, 15) is 0 Å². The van der Waals surface area contributed by atoms with Crippen molar-refractivity contribution in [3.8, 4) is 0 Å². The molecule has 1 saturated carbocycles. The Kier molecular flexibility index (Phi) is 2.92. The molecule has 0 amide bonds. The van der Waals surface area contributed by atoms with Crippen LogP contribution in [0.4, 0.5) is 0 Å². The summed E-state index contributed by atoms with van der Waals surface area (Å²) in [6.45, 7) is 7.04. The Morgan fingerprint density at radius 3 is 2.71 bits per heavy atom. The highest BCUT2D eigenvalue weighted by Gasteiger charge is 2.50. The molecule has 0 N–H and O–H groups in total. The van der Waals surface area contributed by atoms with Crippen molar-refractivity contribution in [1.82, 2.24) is 0 Å². The molecule has 0 saturated heterocycles. The molecule has 2 aromatic rings. The summed E-state index contributed by atoms with van der Waals surface area (Å²) in [6, 6.07) is 12.0. The molecule has 3 aliphatic carbocycles. The number of benzene rings is 2. The van der Waals surface area contributed by atoms with Crippen molar-refractivity contribution in [2.75, 3.05) is 0 Å². The number of aryl methyl sites for hydroxylation is 1. The van der Waals surface area contributed by atoms with Crippen LogP contribution < -0.4 is 0 Å². The maximum atomic E-state index is 2.62. The first-order valence-corrected chi connectivity index (χ1v) is 9.72. The molecule has 2 atom stereocenters. The van der Waals surface area contributed by atoms with E-state index in [1.165, 1.54) is 54.9 Å². The third-order valence-corrected chi connectivity index (χ3v) is 7.04. The predicted molar refractivity (Wildman–Crippen MR) is 103 cm³/mol. The van der Waals surface area contributed by atoms with Gasteiger partial charge in [0.1, 0.15) is 0 Å². The van der Waals surface area contributed by atoms with Crippen molar-refractivity contribution in [2.45, 2.75) is 70.1 Å². The summed E-state index contributed by atoms with van der Waals surface area (Å²) in [7, 11) is 0. The van der Waals surface area contributed by atoms with Crippen molar-refractivity contribution in [2.24, 2.45) is 5.92 Å². The van der Waals surface area contributed by atoms with Crippen molar-refractivity contribution < 1.29 is 0 Å². The van der Waals surface area contributed by atoms with Gasteiger partial charge in [0.2, 0.25) is 0 Å². The smallest absolute Gasteiger partial charge is 0.00274 e. The average molecular weight is 316 g/mol. The van der Waals surface area contributed by atoms with Crippen LogP contribution in [0.25, 0.3) is 10.8 Å². The van der Waals surface area contributed by atoms with Crippen molar-refractivity contribution in [3.05, 3.63) is 58.7 Å². The second-order valence-electron chi connectivity index (χ2n) is 9.47. The van der Waals surface area contributed by atoms with Gasteiger partial charge in [0.25, 0.3) is 0 Å². The van der Waals surface area contributed by atoms with Crippen molar-refractivity contribution >= 4 is 10.8 Å². The lowest BCUT2D eigenvalue weighted by molar-refractivity contribution is 0.270. The summed E-state index contributed by atoms with van der Waals surface area (Å²) in [5, 5.41) is 2.95. The number of hydrogen-bond donors (Lipinski definition) is 0. The van der Waals surface area contributed by atoms with Crippen LogP contribution in [0, 0.1) is 5.92 Å². The Labute approximate surface area is 146 Å². The lowest BCUT2D eigenvalue weighted by Gasteiger charge is -2.42. The highest BCUT2D eigenvalue weighted by molar-refractivity contribution is 5.88. The molecule has 2 bridgehead atoms. The molecule has 0 heteroatoms. The van der Waals surface area contributed by atoms with Crippen LogP contribution in [-0.4, -0.2) is 0 Å². The van der Waals surface area contributed by atoms with Crippen molar-refractivity contribution in [1.29, 1.82) is 0 Å². The fourth-order valence-electron chi connectivity index (χ4n) is 5.94. The molecular weight excluding hydrogens is 288 g/mol. The van der Waals surface area contributed by atoms with E-state index in [-0.39, 0.29) is 5.41 Å². The largest absolute Gasteiger partial charge is 0.0850 e. The van der Waals surface area contributed by atoms with E-state index in [0.717, 1.165) is 5.92 Å². The zero-order valence-electron chi connectivity index (χ0n) is 15.3. The molecule has 3 aliphatic rings. The molecule has 2 unspecified atom stereocenters. The standard InChI is InChI=1S/C24H28/c1-23(2,3)21-8-4-6-17-13-18-7-5-11-24(22(18)14-20(17)21)15-16-9-10-19(24)12-16/h4,6,8-9,13-14,19H,5,7,10-12,15H2,1-3H3. The lowest BCUT2D eigenvalue weighted by atomic mass is 9.62. The molecule has 24 heavy (non-hydrogen) atoms. The normalized spacial score (nSPS) is 28.5. The Morgan fingerprint density at radius 1 is 1.12 bits per heavy atom. The van der Waals surface area contributed by atoms with Crippen LogP contribution in [0.3, 0.4) is 0 Å². The van der Waals surface area contributed by atoms with Gasteiger partial charge in [0.15, 0.2) is 0 Å². The highest BCUT2D eigenvalue weighted by atomic mass is 14.5. The van der Waals surface area contributed by atoms with Gasteiger partial charge in [-0.2, -0.15) is 0 Å². The molecule has 0 heterocycles. The molecule has 0 nitrogen and oxygen atoms in total. The van der Waals surface area contributed by atoms with Gasteiger partial charge in [-0.25, -0.2) is 0 Å². The Balaban J connectivity index is 1.77. The van der Waals surface area contributed by atoms with Gasteiger partial charge in [-0.3, -0.25) is 0 Å². The first kappa shape index (κ1) is 14.8. The van der Waals surface area contributed by atoms with E-state index in [2.05, 4.69) is 57.2 Å². The summed E-state index contributed by atoms with van der Waals surface area (Å²) in [5.41, 5.74) is 7.28. The van der Waals surface area contributed by atoms with Crippen LogP contribution in [0.5, 0.6) is 0 Å². The van der Waals surface area contributed by atoms with Crippen LogP contribution in [0.1, 0.15) is 69.6 Å². The Bertz CT molecular complexity index is 861. The molecular formula is C24H28. The number of allylic oxidation sites excluding steroid dienone is 2. The number of hydrogen-bond acceptors (Lipinski definition) is 0. The zero-order chi connectivity index (χ0) is 16.5. The third-order valence-electron chi connectivity index (χ3n) is 7.04. The Hall–Kier alpha value is -1.56. The molecule has 1 spiro atoms. The minimum Gasteiger partial charge on any atom is -0.0850 e. The summed E-state index contributed by atoms with van der Waals surface area (Å²) in [4.78, 5) is 0. The van der Waals surface area contributed by atoms with E-state index in [0.29, 0.717) is 5.41 Å². The molecule has 1 fully saturated rings. The van der Waals surface area contributed by atoms with E-state index in [1.54, 1.807) is 16.7 Å². The third kappa shape index (κ3) is 1.92.